The second-order valence-electron chi connectivity index (χ2n) is 8.49. The average Bonchev–Trinajstić information content (AvgIpc) is 3.12. The number of pyridine rings is 1. The van der Waals surface area contributed by atoms with Gasteiger partial charge < -0.3 is 15.2 Å². The van der Waals surface area contributed by atoms with Crippen molar-refractivity contribution in [1.29, 1.82) is 0 Å². The standard InChI is InChI=1S/C23H28N2O3/c1-23(2,28-19-10-9-15-6-5-7-16(15)14-19)22(27)25-21(17-12-18(26)13-17)20-8-3-4-11-24-20/h3-4,8-11,14,17-18,21,26H,5-7,12-13H2,1-2H3,(H,25,27)/t17?,18?,21-/m1/s1. The van der Waals surface area contributed by atoms with E-state index in [0.29, 0.717) is 12.8 Å². The molecular weight excluding hydrogens is 352 g/mol. The van der Waals surface area contributed by atoms with E-state index in [4.69, 9.17) is 4.74 Å². The lowest BCUT2D eigenvalue weighted by molar-refractivity contribution is -0.136. The largest absolute Gasteiger partial charge is 0.478 e. The fourth-order valence-corrected chi connectivity index (χ4v) is 4.16. The molecule has 148 valence electrons. The van der Waals surface area contributed by atoms with E-state index in [1.54, 1.807) is 20.0 Å². The molecule has 5 nitrogen and oxygen atoms in total. The van der Waals surface area contributed by atoms with Gasteiger partial charge in [0.05, 0.1) is 17.8 Å². The monoisotopic (exact) mass is 380 g/mol. The summed E-state index contributed by atoms with van der Waals surface area (Å²) in [5.41, 5.74) is 2.51. The average molecular weight is 380 g/mol. The molecule has 4 rings (SSSR count). The lowest BCUT2D eigenvalue weighted by atomic mass is 9.76. The van der Waals surface area contributed by atoms with Gasteiger partial charge in [0.1, 0.15) is 5.75 Å². The molecule has 2 aromatic rings. The van der Waals surface area contributed by atoms with Gasteiger partial charge >= 0.3 is 0 Å². The number of nitrogens with one attached hydrogen (secondary N) is 1. The quantitative estimate of drug-likeness (QED) is 0.806. The Labute approximate surface area is 166 Å². The van der Waals surface area contributed by atoms with Crippen molar-refractivity contribution in [2.75, 3.05) is 0 Å². The third kappa shape index (κ3) is 3.90. The molecule has 2 aliphatic carbocycles. The second-order valence-corrected chi connectivity index (χ2v) is 8.49. The Morgan fingerprint density at radius 1 is 1.21 bits per heavy atom. The number of fused-ring (bicyclic) bond motifs is 1. The van der Waals surface area contributed by atoms with Crippen molar-refractivity contribution < 1.29 is 14.6 Å². The van der Waals surface area contributed by atoms with Crippen LogP contribution in [0, 0.1) is 5.92 Å². The smallest absolute Gasteiger partial charge is 0.264 e. The highest BCUT2D eigenvalue weighted by molar-refractivity contribution is 5.85. The minimum atomic E-state index is -1.01. The third-order valence-electron chi connectivity index (χ3n) is 5.90. The fourth-order valence-electron chi connectivity index (χ4n) is 4.16. The van der Waals surface area contributed by atoms with Crippen LogP contribution in [0.1, 0.15) is 56.0 Å². The first-order valence-corrected chi connectivity index (χ1v) is 10.1. The van der Waals surface area contributed by atoms with Crippen molar-refractivity contribution in [3.05, 3.63) is 59.4 Å². The number of hydrogen-bond acceptors (Lipinski definition) is 4. The summed E-state index contributed by atoms with van der Waals surface area (Å²) in [6.45, 7) is 3.58. The van der Waals surface area contributed by atoms with Crippen molar-refractivity contribution in [3.8, 4) is 5.75 Å². The van der Waals surface area contributed by atoms with Crippen LogP contribution in [0.3, 0.4) is 0 Å². The molecular formula is C23H28N2O3. The van der Waals surface area contributed by atoms with E-state index in [9.17, 15) is 9.90 Å². The summed E-state index contributed by atoms with van der Waals surface area (Å²) in [7, 11) is 0. The molecule has 1 fully saturated rings. The van der Waals surface area contributed by atoms with Crippen LogP contribution in [0.25, 0.3) is 0 Å². The number of amides is 1. The van der Waals surface area contributed by atoms with Crippen LogP contribution in [0.4, 0.5) is 0 Å². The van der Waals surface area contributed by atoms with E-state index in [-0.39, 0.29) is 24.0 Å². The number of nitrogens with zero attached hydrogens (tertiary/aromatic N) is 1. The van der Waals surface area contributed by atoms with Crippen molar-refractivity contribution in [1.82, 2.24) is 10.3 Å². The van der Waals surface area contributed by atoms with Gasteiger partial charge in [0.25, 0.3) is 5.91 Å². The summed E-state index contributed by atoms with van der Waals surface area (Å²) in [5, 5.41) is 12.9. The van der Waals surface area contributed by atoms with Crippen LogP contribution in [-0.2, 0) is 17.6 Å². The topological polar surface area (TPSA) is 71.5 Å². The van der Waals surface area contributed by atoms with Gasteiger partial charge in [-0.3, -0.25) is 9.78 Å². The summed E-state index contributed by atoms with van der Waals surface area (Å²) < 4.78 is 6.10. The van der Waals surface area contributed by atoms with Gasteiger partial charge in [-0.05, 0) is 87.3 Å². The van der Waals surface area contributed by atoms with Crippen LogP contribution in [0.15, 0.2) is 42.6 Å². The Morgan fingerprint density at radius 3 is 2.71 bits per heavy atom. The SMILES string of the molecule is CC(C)(Oc1ccc2c(c1)CCC2)C(=O)N[C@@H](c1ccccn1)C1CC(O)C1. The number of benzene rings is 1. The summed E-state index contributed by atoms with van der Waals surface area (Å²) >= 11 is 0. The predicted octanol–water partition coefficient (Wildman–Crippen LogP) is 3.36. The number of hydrogen-bond donors (Lipinski definition) is 2. The van der Waals surface area contributed by atoms with E-state index in [2.05, 4.69) is 22.4 Å². The van der Waals surface area contributed by atoms with Gasteiger partial charge in [-0.1, -0.05) is 12.1 Å². The molecule has 2 aliphatic rings. The van der Waals surface area contributed by atoms with Gasteiger partial charge in [-0.15, -0.1) is 0 Å². The zero-order valence-electron chi connectivity index (χ0n) is 16.5. The van der Waals surface area contributed by atoms with Crippen LogP contribution in [-0.4, -0.2) is 27.7 Å². The number of carbonyl (C=O) groups excluding carboxylic acids is 1. The maximum Gasteiger partial charge on any atom is 0.264 e. The van der Waals surface area contributed by atoms with E-state index < -0.39 is 5.60 Å². The maximum atomic E-state index is 13.1. The number of carbonyl (C=O) groups is 1. The third-order valence-corrected chi connectivity index (χ3v) is 5.90. The van der Waals surface area contributed by atoms with E-state index in [1.165, 1.54) is 17.5 Å². The molecule has 28 heavy (non-hydrogen) atoms. The summed E-state index contributed by atoms with van der Waals surface area (Å²) in [4.78, 5) is 17.5. The normalized spacial score (nSPS) is 22.1. The first kappa shape index (κ1) is 18.9. The van der Waals surface area contributed by atoms with Crippen molar-refractivity contribution >= 4 is 5.91 Å². The molecule has 1 aromatic carbocycles. The van der Waals surface area contributed by atoms with Gasteiger partial charge in [-0.25, -0.2) is 0 Å². The van der Waals surface area contributed by atoms with E-state index in [1.807, 2.05) is 24.3 Å². The molecule has 1 saturated carbocycles. The number of aromatic nitrogens is 1. The molecule has 1 atom stereocenters. The zero-order valence-corrected chi connectivity index (χ0v) is 16.5. The molecule has 1 amide bonds. The molecule has 5 heteroatoms. The van der Waals surface area contributed by atoms with E-state index >= 15 is 0 Å². The Balaban J connectivity index is 1.48. The molecule has 0 radical (unpaired) electrons. The minimum absolute atomic E-state index is 0.176. The van der Waals surface area contributed by atoms with Gasteiger partial charge in [0.2, 0.25) is 0 Å². The van der Waals surface area contributed by atoms with Crippen LogP contribution < -0.4 is 10.1 Å². The summed E-state index contributed by atoms with van der Waals surface area (Å²) in [5.74, 6) is 0.740. The molecule has 0 unspecified atom stereocenters. The predicted molar refractivity (Wildman–Crippen MR) is 107 cm³/mol. The van der Waals surface area contributed by atoms with Crippen LogP contribution in [0.2, 0.25) is 0 Å². The highest BCUT2D eigenvalue weighted by Gasteiger charge is 2.39. The van der Waals surface area contributed by atoms with Crippen LogP contribution >= 0.6 is 0 Å². The first-order valence-electron chi connectivity index (χ1n) is 10.1. The van der Waals surface area contributed by atoms with E-state index in [0.717, 1.165) is 24.3 Å². The molecule has 0 aliphatic heterocycles. The Bertz CT molecular complexity index is 844. The van der Waals surface area contributed by atoms with Crippen molar-refractivity contribution in [3.63, 3.8) is 0 Å². The van der Waals surface area contributed by atoms with Crippen LogP contribution in [0.5, 0.6) is 5.75 Å². The number of aliphatic hydroxyl groups excluding tert-OH is 1. The zero-order chi connectivity index (χ0) is 19.7. The molecule has 0 spiro atoms. The highest BCUT2D eigenvalue weighted by atomic mass is 16.5. The highest BCUT2D eigenvalue weighted by Crippen LogP contribution is 2.38. The number of rotatable bonds is 6. The summed E-state index contributed by atoms with van der Waals surface area (Å²) in [6.07, 6.45) is 6.17. The summed E-state index contributed by atoms with van der Waals surface area (Å²) in [6, 6.07) is 11.6. The lowest BCUT2D eigenvalue weighted by Crippen LogP contribution is -2.50. The Hall–Kier alpha value is -2.40. The molecule has 2 N–H and O–H groups in total. The van der Waals surface area contributed by atoms with Crippen molar-refractivity contribution in [2.45, 2.75) is 63.7 Å². The minimum Gasteiger partial charge on any atom is -0.478 e. The van der Waals surface area contributed by atoms with Crippen molar-refractivity contribution in [2.24, 2.45) is 5.92 Å². The maximum absolute atomic E-state index is 13.1. The second kappa shape index (κ2) is 7.55. The molecule has 0 bridgehead atoms. The number of aryl methyl sites for hydroxylation is 2. The van der Waals surface area contributed by atoms with Gasteiger partial charge in [-0.2, -0.15) is 0 Å². The molecule has 1 heterocycles. The Morgan fingerprint density at radius 2 is 2.00 bits per heavy atom. The van der Waals surface area contributed by atoms with Gasteiger partial charge in [0, 0.05) is 6.20 Å². The van der Waals surface area contributed by atoms with Gasteiger partial charge in [0.15, 0.2) is 5.60 Å². The molecule has 0 saturated heterocycles. The first-order chi connectivity index (χ1) is 13.4. The number of aliphatic hydroxyl groups is 1. The number of ether oxygens (including phenoxy) is 1. The fraction of sp³-hybridized carbons (Fsp3) is 0.478. The molecule has 1 aromatic heterocycles. The Kier molecular flexibility index (Phi) is 5.11. The lowest BCUT2D eigenvalue weighted by Gasteiger charge is -2.39.